The molecule has 1 aromatic carbocycles. The van der Waals surface area contributed by atoms with Crippen LogP contribution in [0, 0.1) is 0 Å². The summed E-state index contributed by atoms with van der Waals surface area (Å²) < 4.78 is 5.65. The molecule has 4 nitrogen and oxygen atoms in total. The summed E-state index contributed by atoms with van der Waals surface area (Å²) in [6.45, 7) is 4.39. The van der Waals surface area contributed by atoms with Crippen LogP contribution in [0.5, 0.6) is 5.75 Å². The summed E-state index contributed by atoms with van der Waals surface area (Å²) in [5, 5.41) is 2.80. The summed E-state index contributed by atoms with van der Waals surface area (Å²) in [6, 6.07) is 9.12. The Kier molecular flexibility index (Phi) is 9.00. The van der Waals surface area contributed by atoms with Gasteiger partial charge in [0.05, 0.1) is 12.6 Å². The molecule has 0 saturated heterocycles. The maximum Gasteiger partial charge on any atom is 0.237 e. The number of para-hydroxylation sites is 1. The van der Waals surface area contributed by atoms with Crippen molar-refractivity contribution >= 4 is 18.3 Å². The highest BCUT2D eigenvalue weighted by Gasteiger charge is 2.13. The summed E-state index contributed by atoms with van der Waals surface area (Å²) in [7, 11) is 0. The zero-order chi connectivity index (χ0) is 13.4. The SMILES string of the molecule is CCCC(N)C(=O)NCC(C)Oc1ccccc1.Cl. The van der Waals surface area contributed by atoms with Crippen LogP contribution in [0.15, 0.2) is 30.3 Å². The van der Waals surface area contributed by atoms with Crippen molar-refractivity contribution in [3.8, 4) is 5.75 Å². The maximum atomic E-state index is 11.6. The monoisotopic (exact) mass is 286 g/mol. The van der Waals surface area contributed by atoms with Gasteiger partial charge in [0, 0.05) is 0 Å². The first-order valence-corrected chi connectivity index (χ1v) is 6.38. The fourth-order valence-corrected chi connectivity index (χ4v) is 1.59. The number of carbonyl (C=O) groups excluding carboxylic acids is 1. The Morgan fingerprint density at radius 3 is 2.58 bits per heavy atom. The zero-order valence-electron chi connectivity index (χ0n) is 11.5. The van der Waals surface area contributed by atoms with Crippen molar-refractivity contribution < 1.29 is 9.53 Å². The van der Waals surface area contributed by atoms with E-state index in [9.17, 15) is 4.79 Å². The molecular weight excluding hydrogens is 264 g/mol. The van der Waals surface area contributed by atoms with Gasteiger partial charge in [-0.25, -0.2) is 0 Å². The summed E-state index contributed by atoms with van der Waals surface area (Å²) in [5.74, 6) is 0.692. The molecule has 0 spiro atoms. The van der Waals surface area contributed by atoms with Gasteiger partial charge in [0.1, 0.15) is 11.9 Å². The van der Waals surface area contributed by atoms with Gasteiger partial charge in [-0.15, -0.1) is 12.4 Å². The molecule has 108 valence electrons. The quantitative estimate of drug-likeness (QED) is 0.807. The third-order valence-corrected chi connectivity index (χ3v) is 2.58. The van der Waals surface area contributed by atoms with Crippen molar-refractivity contribution in [2.45, 2.75) is 38.8 Å². The minimum absolute atomic E-state index is 0. The molecule has 0 aliphatic carbocycles. The molecule has 5 heteroatoms. The van der Waals surface area contributed by atoms with E-state index in [1.807, 2.05) is 44.2 Å². The first kappa shape index (κ1) is 17.7. The number of rotatable bonds is 7. The fraction of sp³-hybridized carbons (Fsp3) is 0.500. The molecule has 19 heavy (non-hydrogen) atoms. The van der Waals surface area contributed by atoms with E-state index in [-0.39, 0.29) is 24.4 Å². The lowest BCUT2D eigenvalue weighted by atomic mass is 10.1. The number of hydrogen-bond acceptors (Lipinski definition) is 3. The van der Waals surface area contributed by atoms with Crippen LogP contribution >= 0.6 is 12.4 Å². The van der Waals surface area contributed by atoms with Crippen LogP contribution in [-0.4, -0.2) is 24.6 Å². The zero-order valence-corrected chi connectivity index (χ0v) is 12.3. The standard InChI is InChI=1S/C14H22N2O2.ClH/c1-3-7-13(15)14(17)16-10-11(2)18-12-8-5-4-6-9-12;/h4-6,8-9,11,13H,3,7,10,15H2,1-2H3,(H,16,17);1H. The lowest BCUT2D eigenvalue weighted by Crippen LogP contribution is -2.43. The summed E-state index contributed by atoms with van der Waals surface area (Å²) in [6.07, 6.45) is 1.54. The number of nitrogens with one attached hydrogen (secondary N) is 1. The van der Waals surface area contributed by atoms with Gasteiger partial charge in [0.25, 0.3) is 0 Å². The van der Waals surface area contributed by atoms with E-state index in [2.05, 4.69) is 5.32 Å². The molecule has 0 aromatic heterocycles. The van der Waals surface area contributed by atoms with Crippen molar-refractivity contribution in [3.63, 3.8) is 0 Å². The maximum absolute atomic E-state index is 11.6. The number of nitrogens with two attached hydrogens (primary N) is 1. The number of amides is 1. The van der Waals surface area contributed by atoms with Gasteiger partial charge < -0.3 is 15.8 Å². The highest BCUT2D eigenvalue weighted by molar-refractivity contribution is 5.85. The molecule has 1 amide bonds. The normalized spacial score (nSPS) is 13.0. The number of carbonyl (C=O) groups is 1. The third kappa shape index (κ3) is 7.03. The van der Waals surface area contributed by atoms with Crippen LogP contribution in [0.25, 0.3) is 0 Å². The van der Waals surface area contributed by atoms with Gasteiger partial charge in [-0.2, -0.15) is 0 Å². The van der Waals surface area contributed by atoms with Crippen LogP contribution < -0.4 is 15.8 Å². The Balaban J connectivity index is 0.00000324. The minimum Gasteiger partial charge on any atom is -0.489 e. The van der Waals surface area contributed by atoms with Gasteiger partial charge in [0.2, 0.25) is 5.91 Å². The lowest BCUT2D eigenvalue weighted by molar-refractivity contribution is -0.122. The highest BCUT2D eigenvalue weighted by atomic mass is 35.5. The fourth-order valence-electron chi connectivity index (χ4n) is 1.59. The van der Waals surface area contributed by atoms with Crippen LogP contribution in [0.3, 0.4) is 0 Å². The van der Waals surface area contributed by atoms with Crippen molar-refractivity contribution in [1.29, 1.82) is 0 Å². The van der Waals surface area contributed by atoms with E-state index >= 15 is 0 Å². The average Bonchev–Trinajstić information content (AvgIpc) is 2.37. The first-order chi connectivity index (χ1) is 8.63. The molecule has 0 aliphatic heterocycles. The van der Waals surface area contributed by atoms with Gasteiger partial charge in [-0.3, -0.25) is 4.79 Å². The predicted molar refractivity (Wildman–Crippen MR) is 79.7 cm³/mol. The second kappa shape index (κ2) is 9.64. The summed E-state index contributed by atoms with van der Waals surface area (Å²) in [5.41, 5.74) is 5.71. The van der Waals surface area contributed by atoms with Crippen LogP contribution in [0.1, 0.15) is 26.7 Å². The number of benzene rings is 1. The van der Waals surface area contributed by atoms with Crippen LogP contribution in [-0.2, 0) is 4.79 Å². The number of halogens is 1. The molecule has 0 heterocycles. The first-order valence-electron chi connectivity index (χ1n) is 6.38. The molecule has 2 unspecified atom stereocenters. The van der Waals surface area contributed by atoms with E-state index in [1.54, 1.807) is 0 Å². The molecule has 0 aliphatic rings. The van der Waals surface area contributed by atoms with Crippen molar-refractivity contribution in [1.82, 2.24) is 5.32 Å². The topological polar surface area (TPSA) is 64.4 Å². The van der Waals surface area contributed by atoms with E-state index < -0.39 is 6.04 Å². The molecular formula is C14H23ClN2O2. The smallest absolute Gasteiger partial charge is 0.237 e. The molecule has 0 saturated carbocycles. The molecule has 1 rings (SSSR count). The number of ether oxygens (including phenoxy) is 1. The molecule has 0 bridgehead atoms. The Morgan fingerprint density at radius 1 is 1.37 bits per heavy atom. The van der Waals surface area contributed by atoms with E-state index in [0.717, 1.165) is 12.2 Å². The Labute approximate surface area is 121 Å². The Bertz CT molecular complexity index is 360. The van der Waals surface area contributed by atoms with Gasteiger partial charge in [-0.05, 0) is 25.5 Å². The second-order valence-corrected chi connectivity index (χ2v) is 4.38. The molecule has 3 N–H and O–H groups in total. The minimum atomic E-state index is -0.418. The lowest BCUT2D eigenvalue weighted by Gasteiger charge is -2.17. The Morgan fingerprint density at radius 2 is 2.00 bits per heavy atom. The van der Waals surface area contributed by atoms with Crippen molar-refractivity contribution in [2.24, 2.45) is 5.73 Å². The van der Waals surface area contributed by atoms with E-state index in [0.29, 0.717) is 13.0 Å². The van der Waals surface area contributed by atoms with Crippen molar-refractivity contribution in [3.05, 3.63) is 30.3 Å². The van der Waals surface area contributed by atoms with Gasteiger partial charge in [0.15, 0.2) is 0 Å². The second-order valence-electron chi connectivity index (χ2n) is 4.38. The largest absolute Gasteiger partial charge is 0.489 e. The molecule has 0 radical (unpaired) electrons. The van der Waals surface area contributed by atoms with Crippen LogP contribution in [0.2, 0.25) is 0 Å². The molecule has 2 atom stereocenters. The van der Waals surface area contributed by atoms with Crippen LogP contribution in [0.4, 0.5) is 0 Å². The Hall–Kier alpha value is -1.26. The molecule has 1 aromatic rings. The highest BCUT2D eigenvalue weighted by Crippen LogP contribution is 2.10. The summed E-state index contributed by atoms with van der Waals surface area (Å²) in [4.78, 5) is 11.6. The average molecular weight is 287 g/mol. The van der Waals surface area contributed by atoms with E-state index in [4.69, 9.17) is 10.5 Å². The van der Waals surface area contributed by atoms with Gasteiger partial charge >= 0.3 is 0 Å². The molecule has 0 fully saturated rings. The van der Waals surface area contributed by atoms with E-state index in [1.165, 1.54) is 0 Å². The van der Waals surface area contributed by atoms with Gasteiger partial charge in [-0.1, -0.05) is 31.5 Å². The predicted octanol–water partition coefficient (Wildman–Crippen LogP) is 2.12. The van der Waals surface area contributed by atoms with Crippen molar-refractivity contribution in [2.75, 3.05) is 6.54 Å². The number of hydrogen-bond donors (Lipinski definition) is 2. The third-order valence-electron chi connectivity index (χ3n) is 2.58. The summed E-state index contributed by atoms with van der Waals surface area (Å²) >= 11 is 0.